The van der Waals surface area contributed by atoms with Gasteiger partial charge in [0.1, 0.15) is 13.2 Å². The first-order chi connectivity index (χ1) is 13.2. The second-order valence-corrected chi connectivity index (χ2v) is 6.06. The summed E-state index contributed by atoms with van der Waals surface area (Å²) in [7, 11) is 1.54. The molecule has 1 aromatic heterocycles. The Hall–Kier alpha value is -3.48. The van der Waals surface area contributed by atoms with Crippen molar-refractivity contribution in [3.05, 3.63) is 66.0 Å². The Morgan fingerprint density at radius 1 is 1.22 bits per heavy atom. The lowest BCUT2D eigenvalue weighted by Gasteiger charge is -2.21. The molecule has 0 bridgehead atoms. The molecule has 1 amide bonds. The number of carbonyl (C=O) groups excluding carboxylic acids is 1. The first-order valence-electron chi connectivity index (χ1n) is 8.58. The molecule has 1 aliphatic heterocycles. The Kier molecular flexibility index (Phi) is 4.65. The van der Waals surface area contributed by atoms with E-state index in [0.717, 1.165) is 5.56 Å². The number of methoxy groups -OCH3 is 1. The van der Waals surface area contributed by atoms with E-state index in [4.69, 9.17) is 14.2 Å². The van der Waals surface area contributed by atoms with Crippen molar-refractivity contribution in [2.24, 2.45) is 0 Å². The van der Waals surface area contributed by atoms with Crippen molar-refractivity contribution in [2.75, 3.05) is 25.6 Å². The van der Waals surface area contributed by atoms with Crippen molar-refractivity contribution in [3.63, 3.8) is 0 Å². The molecule has 0 saturated carbocycles. The number of hydrogen-bond donors (Lipinski definition) is 1. The second kappa shape index (κ2) is 7.41. The maximum absolute atomic E-state index is 12.6. The molecule has 2 heterocycles. The van der Waals surface area contributed by atoms with Gasteiger partial charge in [0.2, 0.25) is 5.75 Å². The number of aromatic nitrogens is 2. The normalized spacial score (nSPS) is 12.5. The minimum Gasteiger partial charge on any atom is -0.493 e. The summed E-state index contributed by atoms with van der Waals surface area (Å²) in [6, 6.07) is 12.9. The summed E-state index contributed by atoms with van der Waals surface area (Å²) in [6.07, 6.45) is 3.65. The van der Waals surface area contributed by atoms with Crippen molar-refractivity contribution < 1.29 is 19.0 Å². The molecule has 138 valence electrons. The van der Waals surface area contributed by atoms with Gasteiger partial charge >= 0.3 is 0 Å². The van der Waals surface area contributed by atoms with Gasteiger partial charge in [-0.2, -0.15) is 5.10 Å². The summed E-state index contributed by atoms with van der Waals surface area (Å²) < 4.78 is 18.3. The summed E-state index contributed by atoms with van der Waals surface area (Å²) in [5.74, 6) is 1.28. The summed E-state index contributed by atoms with van der Waals surface area (Å²) in [5, 5.41) is 7.08. The zero-order chi connectivity index (χ0) is 18.6. The Bertz CT molecular complexity index is 919. The molecule has 0 spiro atoms. The van der Waals surface area contributed by atoms with E-state index in [9.17, 15) is 4.79 Å². The number of nitrogens with zero attached hydrogens (tertiary/aromatic N) is 2. The number of rotatable bonds is 5. The third-order valence-corrected chi connectivity index (χ3v) is 4.21. The fourth-order valence-corrected chi connectivity index (χ4v) is 2.88. The summed E-state index contributed by atoms with van der Waals surface area (Å²) in [6.45, 7) is 1.58. The van der Waals surface area contributed by atoms with Gasteiger partial charge in [-0.05, 0) is 35.9 Å². The highest BCUT2D eigenvalue weighted by atomic mass is 16.6. The second-order valence-electron chi connectivity index (χ2n) is 6.06. The number of fused-ring (bicyclic) bond motifs is 1. The highest BCUT2D eigenvalue weighted by Crippen LogP contribution is 2.40. The van der Waals surface area contributed by atoms with Crippen molar-refractivity contribution >= 4 is 11.6 Å². The lowest BCUT2D eigenvalue weighted by molar-refractivity contribution is 0.102. The van der Waals surface area contributed by atoms with Gasteiger partial charge in [-0.25, -0.2) is 0 Å². The van der Waals surface area contributed by atoms with Gasteiger partial charge in [0.15, 0.2) is 11.5 Å². The number of amides is 1. The molecule has 0 aliphatic carbocycles. The Balaban J connectivity index is 1.49. The van der Waals surface area contributed by atoms with E-state index in [-0.39, 0.29) is 5.91 Å². The molecule has 4 rings (SSSR count). The molecule has 1 aliphatic rings. The highest BCUT2D eigenvalue weighted by molar-refractivity contribution is 6.05. The molecule has 7 nitrogen and oxygen atoms in total. The molecule has 0 unspecified atom stereocenters. The Morgan fingerprint density at radius 3 is 2.78 bits per heavy atom. The van der Waals surface area contributed by atoms with Crippen LogP contribution in [0, 0.1) is 0 Å². The van der Waals surface area contributed by atoms with Crippen LogP contribution < -0.4 is 19.5 Å². The number of carbonyl (C=O) groups is 1. The SMILES string of the molecule is COc1cc(C(=O)Nc2ccc(Cn3cccn3)cc2)cc2c1OCCO2. The highest BCUT2D eigenvalue weighted by Gasteiger charge is 2.21. The quantitative estimate of drug-likeness (QED) is 0.752. The summed E-state index contributed by atoms with van der Waals surface area (Å²) in [4.78, 5) is 12.6. The van der Waals surface area contributed by atoms with Crippen LogP contribution in [0.5, 0.6) is 17.2 Å². The monoisotopic (exact) mass is 365 g/mol. The third-order valence-electron chi connectivity index (χ3n) is 4.21. The van der Waals surface area contributed by atoms with Crippen molar-refractivity contribution in [3.8, 4) is 17.2 Å². The van der Waals surface area contributed by atoms with E-state index in [2.05, 4.69) is 10.4 Å². The minimum atomic E-state index is -0.245. The number of anilines is 1. The standard InChI is InChI=1S/C20H19N3O4/c1-25-17-11-15(12-18-19(17)27-10-9-26-18)20(24)22-16-5-3-14(4-6-16)13-23-8-2-7-21-23/h2-8,11-12H,9-10,13H2,1H3,(H,22,24). The summed E-state index contributed by atoms with van der Waals surface area (Å²) in [5.41, 5.74) is 2.24. The Morgan fingerprint density at radius 2 is 2.04 bits per heavy atom. The zero-order valence-electron chi connectivity index (χ0n) is 14.8. The molecule has 1 N–H and O–H groups in total. The molecule has 0 saturated heterocycles. The van der Waals surface area contributed by atoms with Crippen LogP contribution in [0.4, 0.5) is 5.69 Å². The topological polar surface area (TPSA) is 74.6 Å². The van der Waals surface area contributed by atoms with Gasteiger partial charge in [-0.15, -0.1) is 0 Å². The molecule has 0 fully saturated rings. The van der Waals surface area contributed by atoms with Crippen LogP contribution in [0.15, 0.2) is 54.9 Å². The van der Waals surface area contributed by atoms with Crippen molar-refractivity contribution in [2.45, 2.75) is 6.54 Å². The van der Waals surface area contributed by atoms with E-state index >= 15 is 0 Å². The fourth-order valence-electron chi connectivity index (χ4n) is 2.88. The first kappa shape index (κ1) is 17.0. The van der Waals surface area contributed by atoms with Crippen LogP contribution in [0.3, 0.4) is 0 Å². The number of benzene rings is 2. The van der Waals surface area contributed by atoms with Gasteiger partial charge in [0, 0.05) is 23.6 Å². The smallest absolute Gasteiger partial charge is 0.255 e. The predicted octanol–water partition coefficient (Wildman–Crippen LogP) is 2.96. The number of hydrogen-bond acceptors (Lipinski definition) is 5. The van der Waals surface area contributed by atoms with Crippen LogP contribution in [-0.2, 0) is 6.54 Å². The third kappa shape index (κ3) is 3.72. The van der Waals surface area contributed by atoms with Crippen molar-refractivity contribution in [1.82, 2.24) is 9.78 Å². The lowest BCUT2D eigenvalue weighted by Crippen LogP contribution is -2.18. The molecule has 7 heteroatoms. The van der Waals surface area contributed by atoms with E-state index in [1.54, 1.807) is 18.3 Å². The molecule has 0 atom stereocenters. The maximum atomic E-state index is 12.6. The van der Waals surface area contributed by atoms with Gasteiger partial charge in [-0.3, -0.25) is 9.48 Å². The predicted molar refractivity (Wildman–Crippen MR) is 99.7 cm³/mol. The zero-order valence-corrected chi connectivity index (χ0v) is 14.8. The molecule has 0 radical (unpaired) electrons. The lowest BCUT2D eigenvalue weighted by atomic mass is 10.1. The Labute approximate surface area is 156 Å². The molecule has 2 aromatic carbocycles. The van der Waals surface area contributed by atoms with Gasteiger partial charge < -0.3 is 19.5 Å². The van der Waals surface area contributed by atoms with E-state index < -0.39 is 0 Å². The van der Waals surface area contributed by atoms with Crippen LogP contribution in [0.25, 0.3) is 0 Å². The van der Waals surface area contributed by atoms with Crippen LogP contribution in [0.1, 0.15) is 15.9 Å². The molecular formula is C20H19N3O4. The first-order valence-corrected chi connectivity index (χ1v) is 8.58. The fraction of sp³-hybridized carbons (Fsp3) is 0.200. The maximum Gasteiger partial charge on any atom is 0.255 e. The molecule has 3 aromatic rings. The van der Waals surface area contributed by atoms with E-state index in [1.165, 1.54) is 7.11 Å². The molecular weight excluding hydrogens is 346 g/mol. The van der Waals surface area contributed by atoms with Gasteiger partial charge in [0.25, 0.3) is 5.91 Å². The molecule has 27 heavy (non-hydrogen) atoms. The van der Waals surface area contributed by atoms with E-state index in [0.29, 0.717) is 48.3 Å². The minimum absolute atomic E-state index is 0.245. The number of ether oxygens (including phenoxy) is 3. The van der Waals surface area contributed by atoms with Crippen LogP contribution in [0.2, 0.25) is 0 Å². The number of nitrogens with one attached hydrogen (secondary N) is 1. The summed E-state index contributed by atoms with van der Waals surface area (Å²) >= 11 is 0. The van der Waals surface area contributed by atoms with Crippen LogP contribution >= 0.6 is 0 Å². The average molecular weight is 365 g/mol. The van der Waals surface area contributed by atoms with Crippen molar-refractivity contribution in [1.29, 1.82) is 0 Å². The van der Waals surface area contributed by atoms with Gasteiger partial charge in [0.05, 0.1) is 13.7 Å². The van der Waals surface area contributed by atoms with E-state index in [1.807, 2.05) is 41.2 Å². The largest absolute Gasteiger partial charge is 0.493 e. The average Bonchev–Trinajstić information content (AvgIpc) is 3.21. The van der Waals surface area contributed by atoms with Gasteiger partial charge in [-0.1, -0.05) is 12.1 Å². The van der Waals surface area contributed by atoms with Crippen LogP contribution in [-0.4, -0.2) is 36.0 Å².